The Morgan fingerprint density at radius 2 is 2.17 bits per heavy atom. The molecule has 0 radical (unpaired) electrons. The molecule has 1 unspecified atom stereocenters. The minimum Gasteiger partial charge on any atom is -0.484 e. The number of carbonyl (C=O) groups is 3. The number of ether oxygens (including phenoxy) is 1. The van der Waals surface area contributed by atoms with Crippen LogP contribution in [0.3, 0.4) is 0 Å². The van der Waals surface area contributed by atoms with Crippen LogP contribution >= 0.6 is 0 Å². The molecule has 2 heterocycles. The number of fused-ring (bicyclic) bond motifs is 1. The van der Waals surface area contributed by atoms with Gasteiger partial charge in [0.05, 0.1) is 18.5 Å². The van der Waals surface area contributed by atoms with Crippen LogP contribution in [0.5, 0.6) is 5.75 Å². The highest BCUT2D eigenvalue weighted by molar-refractivity contribution is 6.01. The number of hydrogen-bond acceptors (Lipinski definition) is 4. The molecule has 3 rings (SSSR count). The first-order chi connectivity index (χ1) is 10.9. The summed E-state index contributed by atoms with van der Waals surface area (Å²) in [7, 11) is 0. The van der Waals surface area contributed by atoms with E-state index in [0.717, 1.165) is 6.08 Å². The van der Waals surface area contributed by atoms with Gasteiger partial charge in [-0.2, -0.15) is 0 Å². The van der Waals surface area contributed by atoms with Gasteiger partial charge in [-0.1, -0.05) is 6.07 Å². The molecule has 0 bridgehead atoms. The van der Waals surface area contributed by atoms with Gasteiger partial charge in [0.2, 0.25) is 5.91 Å². The van der Waals surface area contributed by atoms with Gasteiger partial charge in [-0.15, -0.1) is 0 Å². The molecule has 2 aliphatic rings. The zero-order valence-electron chi connectivity index (χ0n) is 12.7. The fourth-order valence-electron chi connectivity index (χ4n) is 3.12. The van der Waals surface area contributed by atoms with Crippen LogP contribution in [-0.2, 0) is 9.59 Å². The molecule has 1 atom stereocenters. The second-order valence-corrected chi connectivity index (χ2v) is 6.00. The van der Waals surface area contributed by atoms with E-state index in [0.29, 0.717) is 36.4 Å². The Labute approximate surface area is 133 Å². The quantitative estimate of drug-likeness (QED) is 0.840. The highest BCUT2D eigenvalue weighted by Gasteiger charge is 2.46. The van der Waals surface area contributed by atoms with E-state index in [-0.39, 0.29) is 18.1 Å². The van der Waals surface area contributed by atoms with Crippen molar-refractivity contribution in [1.29, 1.82) is 0 Å². The molecular formula is C17H17NO5. The van der Waals surface area contributed by atoms with Gasteiger partial charge in [0.1, 0.15) is 11.4 Å². The zero-order valence-corrected chi connectivity index (χ0v) is 12.7. The van der Waals surface area contributed by atoms with Crippen LogP contribution in [0.1, 0.15) is 35.7 Å². The molecular weight excluding hydrogens is 298 g/mol. The van der Waals surface area contributed by atoms with Gasteiger partial charge in [0.25, 0.3) is 0 Å². The van der Waals surface area contributed by atoms with E-state index >= 15 is 0 Å². The van der Waals surface area contributed by atoms with Crippen LogP contribution in [0.4, 0.5) is 0 Å². The van der Waals surface area contributed by atoms with Gasteiger partial charge < -0.3 is 14.7 Å². The van der Waals surface area contributed by atoms with Crippen molar-refractivity contribution in [3.63, 3.8) is 0 Å². The zero-order chi connectivity index (χ0) is 16.6. The van der Waals surface area contributed by atoms with Gasteiger partial charge in [0, 0.05) is 26.0 Å². The third kappa shape index (κ3) is 2.97. The van der Waals surface area contributed by atoms with E-state index in [2.05, 4.69) is 0 Å². The molecule has 1 spiro atoms. The Morgan fingerprint density at radius 1 is 1.39 bits per heavy atom. The average molecular weight is 315 g/mol. The first kappa shape index (κ1) is 15.3. The van der Waals surface area contributed by atoms with E-state index < -0.39 is 11.6 Å². The number of ketones is 1. The number of hydrogen-bond donors (Lipinski definition) is 1. The fourth-order valence-corrected chi connectivity index (χ4v) is 3.12. The molecule has 1 aromatic rings. The van der Waals surface area contributed by atoms with E-state index in [1.165, 1.54) is 13.0 Å². The average Bonchev–Trinajstić information content (AvgIpc) is 2.89. The predicted molar refractivity (Wildman–Crippen MR) is 82.3 cm³/mol. The number of nitrogens with zero attached hydrogens (tertiary/aromatic N) is 1. The summed E-state index contributed by atoms with van der Waals surface area (Å²) >= 11 is 0. The van der Waals surface area contributed by atoms with E-state index in [9.17, 15) is 14.4 Å². The molecule has 1 saturated heterocycles. The number of carbonyl (C=O) groups excluding carboxylic acids is 2. The normalized spacial score (nSPS) is 23.2. The SMILES string of the molecule is CC(=O)N1CCC2(CC(=O)c3cc(/C=C/C(=O)O)ccc3O2)C1. The van der Waals surface area contributed by atoms with E-state index in [4.69, 9.17) is 9.84 Å². The summed E-state index contributed by atoms with van der Waals surface area (Å²) in [6, 6.07) is 5.04. The highest BCUT2D eigenvalue weighted by Crippen LogP contribution is 2.39. The number of Topliss-reactive ketones (excluding diaryl/α,β-unsaturated/α-hetero) is 1. The largest absolute Gasteiger partial charge is 0.484 e. The number of likely N-dealkylation sites (tertiary alicyclic amines) is 1. The van der Waals surface area contributed by atoms with Crippen molar-refractivity contribution >= 4 is 23.7 Å². The Bertz CT molecular complexity index is 724. The van der Waals surface area contributed by atoms with Crippen molar-refractivity contribution in [2.75, 3.05) is 13.1 Å². The lowest BCUT2D eigenvalue weighted by atomic mass is 9.88. The molecule has 6 nitrogen and oxygen atoms in total. The maximum absolute atomic E-state index is 12.5. The molecule has 1 N–H and O–H groups in total. The second kappa shape index (κ2) is 5.53. The number of aliphatic carboxylic acids is 1. The summed E-state index contributed by atoms with van der Waals surface area (Å²) in [4.78, 5) is 36.3. The fraction of sp³-hybridized carbons (Fsp3) is 0.353. The lowest BCUT2D eigenvalue weighted by Crippen LogP contribution is -2.45. The number of carboxylic acids is 1. The second-order valence-electron chi connectivity index (χ2n) is 6.00. The molecule has 2 aliphatic heterocycles. The number of rotatable bonds is 2. The standard InChI is InChI=1S/C17H17NO5/c1-11(19)18-7-6-17(10-18)9-14(20)13-8-12(3-5-16(21)22)2-4-15(13)23-17/h2-5,8H,6-7,9-10H2,1H3,(H,21,22)/b5-3+. The van der Waals surface area contributed by atoms with Crippen molar-refractivity contribution in [1.82, 2.24) is 4.90 Å². The van der Waals surface area contributed by atoms with Crippen LogP contribution in [0.15, 0.2) is 24.3 Å². The molecule has 1 fully saturated rings. The molecule has 1 amide bonds. The van der Waals surface area contributed by atoms with Crippen LogP contribution in [0.2, 0.25) is 0 Å². The first-order valence-electron chi connectivity index (χ1n) is 7.41. The Kier molecular flexibility index (Phi) is 3.67. The molecule has 23 heavy (non-hydrogen) atoms. The van der Waals surface area contributed by atoms with Gasteiger partial charge in [0.15, 0.2) is 5.78 Å². The molecule has 0 saturated carbocycles. The maximum Gasteiger partial charge on any atom is 0.328 e. The van der Waals surface area contributed by atoms with E-state index in [1.807, 2.05) is 0 Å². The van der Waals surface area contributed by atoms with Crippen molar-refractivity contribution in [2.24, 2.45) is 0 Å². The summed E-state index contributed by atoms with van der Waals surface area (Å²) in [6.07, 6.45) is 3.33. The van der Waals surface area contributed by atoms with Gasteiger partial charge in [-0.25, -0.2) is 4.79 Å². The number of carboxylic acid groups (broad SMARTS) is 1. The minimum atomic E-state index is -1.04. The Hall–Kier alpha value is -2.63. The van der Waals surface area contributed by atoms with Crippen molar-refractivity contribution in [3.8, 4) is 5.75 Å². The molecule has 120 valence electrons. The topological polar surface area (TPSA) is 83.9 Å². The summed E-state index contributed by atoms with van der Waals surface area (Å²) < 4.78 is 6.06. The number of benzene rings is 1. The van der Waals surface area contributed by atoms with Crippen molar-refractivity contribution in [2.45, 2.75) is 25.4 Å². The van der Waals surface area contributed by atoms with Gasteiger partial charge >= 0.3 is 5.97 Å². The van der Waals surface area contributed by atoms with Crippen molar-refractivity contribution in [3.05, 3.63) is 35.4 Å². The highest BCUT2D eigenvalue weighted by atomic mass is 16.5. The van der Waals surface area contributed by atoms with Crippen LogP contribution in [0.25, 0.3) is 6.08 Å². The summed E-state index contributed by atoms with van der Waals surface area (Å²) in [5, 5.41) is 8.66. The van der Waals surface area contributed by atoms with Crippen LogP contribution in [0, 0.1) is 0 Å². The maximum atomic E-state index is 12.5. The Balaban J connectivity index is 1.86. The molecule has 6 heteroatoms. The lowest BCUT2D eigenvalue weighted by Gasteiger charge is -2.34. The molecule has 0 aromatic heterocycles. The van der Waals surface area contributed by atoms with Gasteiger partial charge in [-0.3, -0.25) is 9.59 Å². The van der Waals surface area contributed by atoms with Gasteiger partial charge in [-0.05, 0) is 23.8 Å². The smallest absolute Gasteiger partial charge is 0.328 e. The summed E-state index contributed by atoms with van der Waals surface area (Å²) in [5.74, 6) is -0.598. The number of amides is 1. The summed E-state index contributed by atoms with van der Waals surface area (Å²) in [5.41, 5.74) is 0.467. The van der Waals surface area contributed by atoms with Crippen LogP contribution < -0.4 is 4.74 Å². The molecule has 0 aliphatic carbocycles. The van der Waals surface area contributed by atoms with E-state index in [1.54, 1.807) is 23.1 Å². The third-order valence-corrected chi connectivity index (χ3v) is 4.29. The van der Waals surface area contributed by atoms with Crippen molar-refractivity contribution < 1.29 is 24.2 Å². The lowest BCUT2D eigenvalue weighted by molar-refractivity contribution is -0.131. The predicted octanol–water partition coefficient (Wildman–Crippen LogP) is 1.74. The Morgan fingerprint density at radius 3 is 2.83 bits per heavy atom. The first-order valence-corrected chi connectivity index (χ1v) is 7.41. The molecule has 1 aromatic carbocycles. The minimum absolute atomic E-state index is 0.0159. The third-order valence-electron chi connectivity index (χ3n) is 4.29. The monoisotopic (exact) mass is 315 g/mol. The van der Waals surface area contributed by atoms with Crippen LogP contribution in [-0.4, -0.2) is 46.4 Å². The summed E-state index contributed by atoms with van der Waals surface area (Å²) in [6.45, 7) is 2.53.